The number of carbonyl (C=O) groups excluding carboxylic acids is 3. The molecule has 3 aliphatic rings. The highest BCUT2D eigenvalue weighted by Crippen LogP contribution is 2.37. The van der Waals surface area contributed by atoms with E-state index in [1.165, 1.54) is 4.90 Å². The first kappa shape index (κ1) is 20.5. The number of carbonyl (C=O) groups is 3. The summed E-state index contributed by atoms with van der Waals surface area (Å²) < 4.78 is 0. The van der Waals surface area contributed by atoms with Gasteiger partial charge in [-0.15, -0.1) is 0 Å². The highest BCUT2D eigenvalue weighted by molar-refractivity contribution is 6.08. The number of aromatic nitrogens is 2. The smallest absolute Gasteiger partial charge is 0.246 e. The minimum Gasteiger partial charge on any atom is -0.337 e. The zero-order chi connectivity index (χ0) is 21.3. The Morgan fingerprint density at radius 3 is 2.10 bits per heavy atom. The first-order chi connectivity index (χ1) is 14.5. The van der Waals surface area contributed by atoms with Gasteiger partial charge in [-0.25, -0.2) is 9.97 Å². The fourth-order valence-corrected chi connectivity index (χ4v) is 4.69. The fourth-order valence-electron chi connectivity index (χ4n) is 4.69. The number of imide groups is 1. The third kappa shape index (κ3) is 3.82. The zero-order valence-electron chi connectivity index (χ0n) is 17.6. The van der Waals surface area contributed by atoms with Crippen LogP contribution in [-0.2, 0) is 14.4 Å². The molecular formula is C22H29N5O3. The first-order valence-electron chi connectivity index (χ1n) is 10.8. The monoisotopic (exact) mass is 411 g/mol. The van der Waals surface area contributed by atoms with E-state index in [0.29, 0.717) is 51.4 Å². The van der Waals surface area contributed by atoms with Crippen molar-refractivity contribution in [1.29, 1.82) is 0 Å². The summed E-state index contributed by atoms with van der Waals surface area (Å²) in [6.07, 6.45) is 9.02. The summed E-state index contributed by atoms with van der Waals surface area (Å²) in [5, 5.41) is 0. The Balaban J connectivity index is 1.48. The topological polar surface area (TPSA) is 86.7 Å². The minimum absolute atomic E-state index is 0.120. The molecule has 2 fully saturated rings. The first-order valence-corrected chi connectivity index (χ1v) is 10.8. The van der Waals surface area contributed by atoms with Crippen molar-refractivity contribution in [2.24, 2.45) is 17.8 Å². The lowest BCUT2D eigenvalue weighted by Gasteiger charge is -2.38. The molecule has 1 aliphatic carbocycles. The Morgan fingerprint density at radius 2 is 1.57 bits per heavy atom. The maximum Gasteiger partial charge on any atom is 0.246 e. The Labute approximate surface area is 176 Å². The molecule has 3 atom stereocenters. The van der Waals surface area contributed by atoms with E-state index in [-0.39, 0.29) is 35.5 Å². The third-order valence-electron chi connectivity index (χ3n) is 6.26. The molecular weight excluding hydrogens is 382 g/mol. The van der Waals surface area contributed by atoms with Gasteiger partial charge in [0.05, 0.1) is 11.8 Å². The van der Waals surface area contributed by atoms with Crippen molar-refractivity contribution in [2.75, 3.05) is 31.1 Å². The second-order valence-corrected chi connectivity index (χ2v) is 8.71. The molecule has 30 heavy (non-hydrogen) atoms. The average Bonchev–Trinajstić information content (AvgIpc) is 3.02. The molecule has 4 rings (SSSR count). The third-order valence-corrected chi connectivity index (χ3v) is 6.26. The molecule has 160 valence electrons. The number of fused-ring (bicyclic) bond motifs is 1. The van der Waals surface area contributed by atoms with Crippen molar-refractivity contribution in [3.05, 3.63) is 30.6 Å². The summed E-state index contributed by atoms with van der Waals surface area (Å²) in [5.41, 5.74) is 0. The van der Waals surface area contributed by atoms with Crippen molar-refractivity contribution in [3.8, 4) is 0 Å². The van der Waals surface area contributed by atoms with Gasteiger partial charge in [-0.2, -0.15) is 0 Å². The predicted molar refractivity (Wildman–Crippen MR) is 111 cm³/mol. The number of allylic oxidation sites excluding steroid dienone is 2. The highest BCUT2D eigenvalue weighted by atomic mass is 16.2. The van der Waals surface area contributed by atoms with Crippen LogP contribution in [0.4, 0.5) is 5.95 Å². The Bertz CT molecular complexity index is 806. The zero-order valence-corrected chi connectivity index (χ0v) is 17.6. The molecule has 0 spiro atoms. The molecule has 3 heterocycles. The standard InChI is InChI=1S/C22H29N5O3/c1-15(2)14-18(27-19(28)16-6-3-4-7-17(16)20(27)29)21(30)25-10-12-26(13-11-25)22-23-8-5-9-24-22/h3-5,8-9,15-18H,6-7,10-14H2,1-2H3/t16-,17-,18-/m1/s1. The summed E-state index contributed by atoms with van der Waals surface area (Å²) in [5.74, 6) is -0.238. The van der Waals surface area contributed by atoms with Gasteiger partial charge in [0.15, 0.2) is 0 Å². The summed E-state index contributed by atoms with van der Waals surface area (Å²) in [6.45, 7) is 6.34. The van der Waals surface area contributed by atoms with E-state index >= 15 is 0 Å². The van der Waals surface area contributed by atoms with Crippen molar-refractivity contribution in [3.63, 3.8) is 0 Å². The number of amides is 3. The van der Waals surface area contributed by atoms with Crippen LogP contribution in [-0.4, -0.2) is 69.7 Å². The summed E-state index contributed by atoms with van der Waals surface area (Å²) in [7, 11) is 0. The van der Waals surface area contributed by atoms with E-state index in [2.05, 4.69) is 9.97 Å². The number of likely N-dealkylation sites (tertiary alicyclic amines) is 1. The molecule has 2 saturated heterocycles. The van der Waals surface area contributed by atoms with Gasteiger partial charge in [0, 0.05) is 38.6 Å². The molecule has 2 aliphatic heterocycles. The van der Waals surface area contributed by atoms with Gasteiger partial charge in [-0.3, -0.25) is 19.3 Å². The van der Waals surface area contributed by atoms with Crippen LogP contribution >= 0.6 is 0 Å². The van der Waals surface area contributed by atoms with E-state index in [0.717, 1.165) is 0 Å². The van der Waals surface area contributed by atoms with Gasteiger partial charge in [0.1, 0.15) is 6.04 Å². The molecule has 8 nitrogen and oxygen atoms in total. The van der Waals surface area contributed by atoms with Crippen molar-refractivity contribution >= 4 is 23.7 Å². The fraction of sp³-hybridized carbons (Fsp3) is 0.591. The van der Waals surface area contributed by atoms with E-state index in [4.69, 9.17) is 0 Å². The summed E-state index contributed by atoms with van der Waals surface area (Å²) in [6, 6.07) is 1.06. The maximum atomic E-state index is 13.5. The average molecular weight is 412 g/mol. The molecule has 0 radical (unpaired) electrons. The van der Waals surface area contributed by atoms with Crippen LogP contribution in [0, 0.1) is 17.8 Å². The second kappa shape index (κ2) is 8.53. The van der Waals surface area contributed by atoms with Gasteiger partial charge < -0.3 is 9.80 Å². The number of anilines is 1. The molecule has 1 aromatic rings. The van der Waals surface area contributed by atoms with E-state index in [9.17, 15) is 14.4 Å². The van der Waals surface area contributed by atoms with Gasteiger partial charge >= 0.3 is 0 Å². The molecule has 0 N–H and O–H groups in total. The van der Waals surface area contributed by atoms with Crippen LogP contribution in [0.2, 0.25) is 0 Å². The van der Waals surface area contributed by atoms with Crippen LogP contribution in [0.25, 0.3) is 0 Å². The van der Waals surface area contributed by atoms with E-state index in [1.807, 2.05) is 30.9 Å². The number of nitrogens with zero attached hydrogens (tertiary/aromatic N) is 5. The SMILES string of the molecule is CC(C)C[C@H](C(=O)N1CCN(c2ncccn2)CC1)N1C(=O)[C@@H]2CC=CC[C@H]2C1=O. The second-order valence-electron chi connectivity index (χ2n) is 8.71. The lowest BCUT2D eigenvalue weighted by Crippen LogP contribution is -2.56. The summed E-state index contributed by atoms with van der Waals surface area (Å²) >= 11 is 0. The van der Waals surface area contributed by atoms with Crippen LogP contribution in [0.5, 0.6) is 0 Å². The Hall–Kier alpha value is -2.77. The molecule has 1 aromatic heterocycles. The van der Waals surface area contributed by atoms with Crippen molar-refractivity contribution in [1.82, 2.24) is 19.8 Å². The minimum atomic E-state index is -0.713. The molecule has 0 bridgehead atoms. The number of rotatable bonds is 5. The lowest BCUT2D eigenvalue weighted by molar-refractivity contribution is -0.152. The van der Waals surface area contributed by atoms with Gasteiger partial charge in [-0.05, 0) is 31.2 Å². The van der Waals surface area contributed by atoms with Crippen LogP contribution in [0.15, 0.2) is 30.6 Å². The largest absolute Gasteiger partial charge is 0.337 e. The lowest BCUT2D eigenvalue weighted by atomic mass is 9.85. The molecule has 8 heteroatoms. The van der Waals surface area contributed by atoms with Gasteiger partial charge in [0.2, 0.25) is 23.7 Å². The molecule has 0 saturated carbocycles. The van der Waals surface area contributed by atoms with Gasteiger partial charge in [-0.1, -0.05) is 26.0 Å². The van der Waals surface area contributed by atoms with Crippen LogP contribution in [0.1, 0.15) is 33.1 Å². The highest BCUT2D eigenvalue weighted by Gasteiger charge is 2.51. The quantitative estimate of drug-likeness (QED) is 0.539. The molecule has 3 amide bonds. The van der Waals surface area contributed by atoms with Crippen molar-refractivity contribution < 1.29 is 14.4 Å². The van der Waals surface area contributed by atoms with Crippen LogP contribution in [0.3, 0.4) is 0 Å². The molecule has 0 aromatic carbocycles. The maximum absolute atomic E-state index is 13.5. The number of piperazine rings is 1. The number of hydrogen-bond donors (Lipinski definition) is 0. The Morgan fingerprint density at radius 1 is 1.00 bits per heavy atom. The molecule has 0 unspecified atom stereocenters. The van der Waals surface area contributed by atoms with Crippen molar-refractivity contribution in [2.45, 2.75) is 39.2 Å². The Kier molecular flexibility index (Phi) is 5.83. The van der Waals surface area contributed by atoms with Crippen LogP contribution < -0.4 is 4.90 Å². The van der Waals surface area contributed by atoms with E-state index in [1.54, 1.807) is 23.4 Å². The van der Waals surface area contributed by atoms with Gasteiger partial charge in [0.25, 0.3) is 0 Å². The summed E-state index contributed by atoms with van der Waals surface area (Å²) in [4.78, 5) is 53.3. The predicted octanol–water partition coefficient (Wildman–Crippen LogP) is 1.49. The number of hydrogen-bond acceptors (Lipinski definition) is 6. The normalized spacial score (nSPS) is 25.1. The van der Waals surface area contributed by atoms with E-state index < -0.39 is 6.04 Å².